The Kier molecular flexibility index (Phi) is 7.93. The standard InChI is InChI=1S/C27H32N2O4/c1-4-5-6-7-23-25(20-10-12-21(13-11-20)27(32)33-3)24(26(28)31)18(2)29(23)17-16-19-8-14-22(30)15-9-19/h8-15,30H,4-7,16-17H2,1-3H3,(H2,28,31). The summed E-state index contributed by atoms with van der Waals surface area (Å²) in [4.78, 5) is 24.4. The molecule has 0 aliphatic heterocycles. The van der Waals surface area contributed by atoms with Gasteiger partial charge in [0.2, 0.25) is 0 Å². The molecule has 0 saturated heterocycles. The number of hydrogen-bond donors (Lipinski definition) is 2. The van der Waals surface area contributed by atoms with Crippen molar-refractivity contribution in [2.24, 2.45) is 5.73 Å². The first-order valence-electron chi connectivity index (χ1n) is 11.4. The maximum atomic E-state index is 12.6. The fourth-order valence-electron chi connectivity index (χ4n) is 4.31. The summed E-state index contributed by atoms with van der Waals surface area (Å²) in [6, 6.07) is 14.3. The van der Waals surface area contributed by atoms with Crippen LogP contribution in [0.25, 0.3) is 11.1 Å². The fraction of sp³-hybridized carbons (Fsp3) is 0.333. The smallest absolute Gasteiger partial charge is 0.337 e. The van der Waals surface area contributed by atoms with E-state index in [0.29, 0.717) is 17.7 Å². The van der Waals surface area contributed by atoms with Gasteiger partial charge in [-0.1, -0.05) is 44.0 Å². The number of nitrogens with two attached hydrogens (primary N) is 1. The zero-order valence-electron chi connectivity index (χ0n) is 19.6. The van der Waals surface area contributed by atoms with Crippen LogP contribution >= 0.6 is 0 Å². The van der Waals surface area contributed by atoms with Crippen molar-refractivity contribution in [1.29, 1.82) is 0 Å². The molecule has 0 aliphatic rings. The molecule has 3 aromatic rings. The number of phenols is 1. The summed E-state index contributed by atoms with van der Waals surface area (Å²) < 4.78 is 7.01. The topological polar surface area (TPSA) is 94.5 Å². The Balaban J connectivity index is 2.07. The minimum absolute atomic E-state index is 0.241. The van der Waals surface area contributed by atoms with Crippen molar-refractivity contribution in [2.45, 2.75) is 52.5 Å². The van der Waals surface area contributed by atoms with Crippen LogP contribution in [0, 0.1) is 6.92 Å². The van der Waals surface area contributed by atoms with E-state index in [-0.39, 0.29) is 5.75 Å². The Morgan fingerprint density at radius 3 is 2.24 bits per heavy atom. The molecule has 0 atom stereocenters. The van der Waals surface area contributed by atoms with Gasteiger partial charge in [0.05, 0.1) is 18.2 Å². The maximum absolute atomic E-state index is 12.6. The van der Waals surface area contributed by atoms with E-state index >= 15 is 0 Å². The lowest BCUT2D eigenvalue weighted by Gasteiger charge is -2.14. The first-order valence-corrected chi connectivity index (χ1v) is 11.4. The number of nitrogens with zero attached hydrogens (tertiary/aromatic N) is 1. The average molecular weight is 449 g/mol. The van der Waals surface area contributed by atoms with Crippen LogP contribution in [-0.4, -0.2) is 28.7 Å². The molecule has 1 amide bonds. The third-order valence-electron chi connectivity index (χ3n) is 6.05. The highest BCUT2D eigenvalue weighted by molar-refractivity contribution is 6.02. The molecule has 3 N–H and O–H groups in total. The van der Waals surface area contributed by atoms with Gasteiger partial charge in [-0.15, -0.1) is 0 Å². The molecule has 2 aromatic carbocycles. The fourth-order valence-corrected chi connectivity index (χ4v) is 4.31. The van der Waals surface area contributed by atoms with Crippen molar-refractivity contribution in [2.75, 3.05) is 7.11 Å². The molecule has 1 aromatic heterocycles. The molecule has 0 radical (unpaired) electrons. The Hall–Kier alpha value is -3.54. The lowest BCUT2D eigenvalue weighted by Crippen LogP contribution is -2.14. The number of phenolic OH excluding ortho intramolecular Hbond substituents is 1. The number of rotatable bonds is 10. The monoisotopic (exact) mass is 448 g/mol. The summed E-state index contributed by atoms with van der Waals surface area (Å²) in [6.45, 7) is 4.79. The van der Waals surface area contributed by atoms with Crippen LogP contribution in [0.5, 0.6) is 5.75 Å². The van der Waals surface area contributed by atoms with Crippen LogP contribution in [-0.2, 0) is 24.1 Å². The predicted molar refractivity (Wildman–Crippen MR) is 130 cm³/mol. The van der Waals surface area contributed by atoms with Crippen LogP contribution in [0.3, 0.4) is 0 Å². The van der Waals surface area contributed by atoms with Crippen LogP contribution in [0.4, 0.5) is 0 Å². The minimum atomic E-state index is -0.459. The molecule has 6 nitrogen and oxygen atoms in total. The number of methoxy groups -OCH3 is 1. The van der Waals surface area contributed by atoms with Gasteiger partial charge in [0.1, 0.15) is 5.75 Å². The summed E-state index contributed by atoms with van der Waals surface area (Å²) in [6.07, 6.45) is 4.78. The van der Waals surface area contributed by atoms with Crippen molar-refractivity contribution in [3.8, 4) is 16.9 Å². The number of carbonyl (C=O) groups excluding carboxylic acids is 2. The molecular formula is C27H32N2O4. The van der Waals surface area contributed by atoms with E-state index in [2.05, 4.69) is 11.5 Å². The first kappa shape index (κ1) is 24.1. The molecule has 0 bridgehead atoms. The van der Waals surface area contributed by atoms with Crippen LogP contribution in [0.1, 0.15) is 63.9 Å². The van der Waals surface area contributed by atoms with Gasteiger partial charge < -0.3 is 20.1 Å². The van der Waals surface area contributed by atoms with Gasteiger partial charge in [-0.3, -0.25) is 4.79 Å². The number of aromatic nitrogens is 1. The molecule has 174 valence electrons. The molecule has 0 unspecified atom stereocenters. The Bertz CT molecular complexity index is 1110. The summed E-state index contributed by atoms with van der Waals surface area (Å²) in [5.41, 5.74) is 11.6. The number of primary amides is 1. The number of benzene rings is 2. The van der Waals surface area contributed by atoms with Gasteiger partial charge in [-0.25, -0.2) is 4.79 Å². The molecule has 0 spiro atoms. The summed E-state index contributed by atoms with van der Waals surface area (Å²) in [7, 11) is 1.35. The maximum Gasteiger partial charge on any atom is 0.337 e. The van der Waals surface area contributed by atoms with Crippen LogP contribution in [0.15, 0.2) is 48.5 Å². The second kappa shape index (κ2) is 10.9. The molecule has 1 heterocycles. The number of esters is 1. The number of unbranched alkanes of at least 4 members (excludes halogenated alkanes) is 2. The van der Waals surface area contributed by atoms with E-state index in [1.54, 1.807) is 24.3 Å². The van der Waals surface area contributed by atoms with Gasteiger partial charge in [0, 0.05) is 23.5 Å². The zero-order chi connectivity index (χ0) is 24.0. The normalized spacial score (nSPS) is 10.9. The molecule has 0 aliphatic carbocycles. The Labute approximate surface area is 195 Å². The van der Waals surface area contributed by atoms with E-state index in [9.17, 15) is 14.7 Å². The van der Waals surface area contributed by atoms with Gasteiger partial charge in [-0.05, 0) is 61.6 Å². The van der Waals surface area contributed by atoms with Crippen LogP contribution < -0.4 is 5.73 Å². The van der Waals surface area contributed by atoms with E-state index in [1.165, 1.54) is 7.11 Å². The van der Waals surface area contributed by atoms with Crippen molar-refractivity contribution < 1.29 is 19.4 Å². The molecular weight excluding hydrogens is 416 g/mol. The lowest BCUT2D eigenvalue weighted by atomic mass is 9.96. The third-order valence-corrected chi connectivity index (χ3v) is 6.05. The highest BCUT2D eigenvalue weighted by atomic mass is 16.5. The Morgan fingerprint density at radius 1 is 1.00 bits per heavy atom. The van der Waals surface area contributed by atoms with Crippen molar-refractivity contribution in [1.82, 2.24) is 4.57 Å². The molecule has 3 rings (SSSR count). The number of hydrogen-bond acceptors (Lipinski definition) is 4. The number of amides is 1. The third kappa shape index (κ3) is 5.45. The second-order valence-corrected chi connectivity index (χ2v) is 8.24. The van der Waals surface area contributed by atoms with Gasteiger partial charge in [0.15, 0.2) is 0 Å². The summed E-state index contributed by atoms with van der Waals surface area (Å²) >= 11 is 0. The quantitative estimate of drug-likeness (QED) is 0.336. The predicted octanol–water partition coefficient (Wildman–Crippen LogP) is 5.03. The van der Waals surface area contributed by atoms with Crippen molar-refractivity contribution in [3.05, 3.63) is 76.6 Å². The largest absolute Gasteiger partial charge is 0.508 e. The number of aryl methyl sites for hydroxylation is 1. The molecule has 0 fully saturated rings. The van der Waals surface area contributed by atoms with E-state index < -0.39 is 11.9 Å². The van der Waals surface area contributed by atoms with Crippen LogP contribution in [0.2, 0.25) is 0 Å². The van der Waals surface area contributed by atoms with Gasteiger partial charge in [-0.2, -0.15) is 0 Å². The number of aromatic hydroxyl groups is 1. The van der Waals surface area contributed by atoms with Gasteiger partial charge >= 0.3 is 5.97 Å². The Morgan fingerprint density at radius 2 is 1.67 bits per heavy atom. The highest BCUT2D eigenvalue weighted by Gasteiger charge is 2.24. The van der Waals surface area contributed by atoms with E-state index in [1.807, 2.05) is 31.2 Å². The minimum Gasteiger partial charge on any atom is -0.508 e. The lowest BCUT2D eigenvalue weighted by molar-refractivity contribution is 0.0600. The summed E-state index contributed by atoms with van der Waals surface area (Å²) in [5.74, 6) is -0.619. The van der Waals surface area contributed by atoms with Crippen molar-refractivity contribution >= 4 is 11.9 Å². The first-order chi connectivity index (χ1) is 15.9. The number of carbonyl (C=O) groups is 2. The van der Waals surface area contributed by atoms with E-state index in [4.69, 9.17) is 10.5 Å². The molecule has 6 heteroatoms. The molecule has 0 saturated carbocycles. The SMILES string of the molecule is CCCCCc1c(-c2ccc(C(=O)OC)cc2)c(C(N)=O)c(C)n1CCc1ccc(O)cc1. The number of ether oxygens (including phenoxy) is 1. The zero-order valence-corrected chi connectivity index (χ0v) is 19.6. The van der Waals surface area contributed by atoms with Crippen molar-refractivity contribution in [3.63, 3.8) is 0 Å². The summed E-state index contributed by atoms with van der Waals surface area (Å²) in [5, 5.41) is 9.56. The van der Waals surface area contributed by atoms with E-state index in [0.717, 1.165) is 60.2 Å². The second-order valence-electron chi connectivity index (χ2n) is 8.24. The highest BCUT2D eigenvalue weighted by Crippen LogP contribution is 2.34. The average Bonchev–Trinajstić information content (AvgIpc) is 3.10. The van der Waals surface area contributed by atoms with Gasteiger partial charge in [0.25, 0.3) is 5.91 Å². The molecule has 33 heavy (non-hydrogen) atoms.